The van der Waals surface area contributed by atoms with Gasteiger partial charge in [-0.1, -0.05) is 23.4 Å². The molecule has 1 rings (SSSR count). The van der Waals surface area contributed by atoms with Crippen molar-refractivity contribution in [2.24, 2.45) is 5.73 Å². The number of nitrogens with two attached hydrogens (primary N) is 1. The zero-order valence-electron chi connectivity index (χ0n) is 11.9. The topological polar surface area (TPSA) is 81.4 Å². The van der Waals surface area contributed by atoms with Crippen LogP contribution in [0.15, 0.2) is 23.1 Å². The van der Waals surface area contributed by atoms with E-state index in [2.05, 4.69) is 16.6 Å². The Labute approximate surface area is 130 Å². The molecule has 0 heterocycles. The Morgan fingerprint density at radius 1 is 1.38 bits per heavy atom. The summed E-state index contributed by atoms with van der Waals surface area (Å²) in [5, 5.41) is 0.142. The lowest BCUT2D eigenvalue weighted by molar-refractivity contribution is 0.193. The van der Waals surface area contributed by atoms with Crippen LogP contribution in [0, 0.1) is 11.8 Å². The molecular weight excluding hydrogens is 312 g/mol. The third kappa shape index (κ3) is 6.04. The van der Waals surface area contributed by atoms with Gasteiger partial charge in [0.1, 0.15) is 4.90 Å². The maximum Gasteiger partial charge on any atom is 0.242 e. The van der Waals surface area contributed by atoms with Crippen molar-refractivity contribution in [3.05, 3.63) is 28.8 Å². The fourth-order valence-corrected chi connectivity index (χ4v) is 3.22. The van der Waals surface area contributed by atoms with Gasteiger partial charge in [0.2, 0.25) is 10.0 Å². The SMILES string of the molecule is COCCCCNS(=O)(=O)c1ccc(C#CCN)cc1Cl. The van der Waals surface area contributed by atoms with Crippen LogP contribution in [0.4, 0.5) is 0 Å². The maximum atomic E-state index is 12.1. The van der Waals surface area contributed by atoms with Crippen molar-refractivity contribution in [2.45, 2.75) is 17.7 Å². The van der Waals surface area contributed by atoms with Crippen molar-refractivity contribution in [3.8, 4) is 11.8 Å². The summed E-state index contributed by atoms with van der Waals surface area (Å²) in [6.07, 6.45) is 1.49. The Balaban J connectivity index is 2.74. The molecule has 0 aromatic heterocycles. The maximum absolute atomic E-state index is 12.1. The predicted octanol–water partition coefficient (Wildman–Crippen LogP) is 1.36. The molecule has 0 aliphatic carbocycles. The first-order valence-corrected chi connectivity index (χ1v) is 8.34. The van der Waals surface area contributed by atoms with Gasteiger partial charge in [0, 0.05) is 25.8 Å². The number of unbranched alkanes of at least 4 members (excludes halogenated alkanes) is 1. The number of hydrogen-bond donors (Lipinski definition) is 2. The van der Waals surface area contributed by atoms with E-state index in [9.17, 15) is 8.42 Å². The number of halogens is 1. The van der Waals surface area contributed by atoms with Crippen LogP contribution >= 0.6 is 11.6 Å². The van der Waals surface area contributed by atoms with Crippen LogP contribution in [-0.2, 0) is 14.8 Å². The number of hydrogen-bond acceptors (Lipinski definition) is 4. The molecule has 0 radical (unpaired) electrons. The van der Waals surface area contributed by atoms with Crippen molar-refractivity contribution in [3.63, 3.8) is 0 Å². The van der Waals surface area contributed by atoms with Crippen LogP contribution in [0.1, 0.15) is 18.4 Å². The fourth-order valence-electron chi connectivity index (χ4n) is 1.61. The first-order chi connectivity index (χ1) is 10.0. The van der Waals surface area contributed by atoms with Crippen LogP contribution < -0.4 is 10.5 Å². The summed E-state index contributed by atoms with van der Waals surface area (Å²) in [7, 11) is -2.00. The molecule has 0 spiro atoms. The lowest BCUT2D eigenvalue weighted by Crippen LogP contribution is -2.25. The lowest BCUT2D eigenvalue weighted by atomic mass is 10.2. The summed E-state index contributed by atoms with van der Waals surface area (Å²) in [6.45, 7) is 1.19. The van der Waals surface area contributed by atoms with E-state index < -0.39 is 10.0 Å². The monoisotopic (exact) mass is 330 g/mol. The van der Waals surface area contributed by atoms with Gasteiger partial charge in [0.25, 0.3) is 0 Å². The van der Waals surface area contributed by atoms with E-state index in [1.807, 2.05) is 0 Å². The quantitative estimate of drug-likeness (QED) is 0.584. The van der Waals surface area contributed by atoms with Crippen molar-refractivity contribution in [1.82, 2.24) is 4.72 Å². The van der Waals surface area contributed by atoms with E-state index in [1.54, 1.807) is 13.2 Å². The van der Waals surface area contributed by atoms with Gasteiger partial charge in [-0.2, -0.15) is 0 Å². The molecule has 116 valence electrons. The number of sulfonamides is 1. The Morgan fingerprint density at radius 3 is 2.76 bits per heavy atom. The molecule has 5 nitrogen and oxygen atoms in total. The van der Waals surface area contributed by atoms with Gasteiger partial charge in [-0.15, -0.1) is 0 Å². The van der Waals surface area contributed by atoms with E-state index in [1.165, 1.54) is 12.1 Å². The molecule has 0 saturated heterocycles. The molecule has 0 bridgehead atoms. The standard InChI is InChI=1S/C14H19ClN2O3S/c1-20-10-3-2-9-17-21(18,19)14-7-6-12(5-4-8-16)11-13(14)15/h6-7,11,17H,2-3,8-10,16H2,1H3. The van der Waals surface area contributed by atoms with Gasteiger partial charge in [-0.05, 0) is 31.0 Å². The summed E-state index contributed by atoms with van der Waals surface area (Å²) in [4.78, 5) is 0.0502. The number of benzene rings is 1. The highest BCUT2D eigenvalue weighted by Crippen LogP contribution is 2.22. The molecule has 0 atom stereocenters. The Kier molecular flexibility index (Phi) is 7.72. The normalized spacial score (nSPS) is 11.0. The van der Waals surface area contributed by atoms with Crippen LogP contribution in [-0.4, -0.2) is 35.2 Å². The molecule has 1 aromatic carbocycles. The highest BCUT2D eigenvalue weighted by Gasteiger charge is 2.17. The van der Waals surface area contributed by atoms with Gasteiger partial charge >= 0.3 is 0 Å². The third-order valence-corrected chi connectivity index (χ3v) is 4.57. The van der Waals surface area contributed by atoms with Crippen molar-refractivity contribution < 1.29 is 13.2 Å². The summed E-state index contributed by atoms with van der Waals surface area (Å²) in [5.74, 6) is 5.49. The van der Waals surface area contributed by atoms with Gasteiger partial charge in [-0.25, -0.2) is 13.1 Å². The van der Waals surface area contributed by atoms with E-state index in [-0.39, 0.29) is 16.5 Å². The minimum Gasteiger partial charge on any atom is -0.385 e. The minimum atomic E-state index is -3.61. The second-order valence-electron chi connectivity index (χ2n) is 4.25. The van der Waals surface area contributed by atoms with Crippen LogP contribution in [0.5, 0.6) is 0 Å². The lowest BCUT2D eigenvalue weighted by Gasteiger charge is -2.08. The summed E-state index contributed by atoms with van der Waals surface area (Å²) < 4.78 is 31.7. The zero-order chi connectivity index (χ0) is 15.7. The molecule has 0 amide bonds. The molecule has 0 aliphatic rings. The average molecular weight is 331 g/mol. The molecule has 0 aliphatic heterocycles. The average Bonchev–Trinajstić information content (AvgIpc) is 2.44. The Morgan fingerprint density at radius 2 is 2.14 bits per heavy atom. The number of nitrogens with one attached hydrogen (secondary N) is 1. The predicted molar refractivity (Wildman–Crippen MR) is 83.7 cm³/mol. The first-order valence-electron chi connectivity index (χ1n) is 6.48. The van der Waals surface area contributed by atoms with Crippen LogP contribution in [0.2, 0.25) is 5.02 Å². The van der Waals surface area contributed by atoms with Crippen molar-refractivity contribution >= 4 is 21.6 Å². The molecular formula is C14H19ClN2O3S. The van der Waals surface area contributed by atoms with Crippen molar-refractivity contribution in [1.29, 1.82) is 0 Å². The van der Waals surface area contributed by atoms with Gasteiger partial charge in [0.05, 0.1) is 11.6 Å². The molecule has 3 N–H and O–H groups in total. The minimum absolute atomic E-state index is 0.0502. The first kappa shape index (κ1) is 18.0. The third-order valence-electron chi connectivity index (χ3n) is 2.62. The number of rotatable bonds is 7. The second kappa shape index (κ2) is 9.03. The van der Waals surface area contributed by atoms with Crippen LogP contribution in [0.25, 0.3) is 0 Å². The van der Waals surface area contributed by atoms with Gasteiger partial charge in [-0.3, -0.25) is 0 Å². The number of ether oxygens (including phenoxy) is 1. The van der Waals surface area contributed by atoms with Crippen LogP contribution in [0.3, 0.4) is 0 Å². The molecule has 0 unspecified atom stereocenters. The van der Waals surface area contributed by atoms with E-state index in [4.69, 9.17) is 22.1 Å². The van der Waals surface area contributed by atoms with Gasteiger partial charge in [0.15, 0.2) is 0 Å². The summed E-state index contributed by atoms with van der Waals surface area (Å²) >= 11 is 6.02. The summed E-state index contributed by atoms with van der Waals surface area (Å²) in [5.41, 5.74) is 5.91. The molecule has 0 fully saturated rings. The molecule has 7 heteroatoms. The van der Waals surface area contributed by atoms with E-state index in [0.29, 0.717) is 25.1 Å². The smallest absolute Gasteiger partial charge is 0.242 e. The Hall–Kier alpha value is -1.10. The van der Waals surface area contributed by atoms with E-state index in [0.717, 1.165) is 6.42 Å². The highest BCUT2D eigenvalue weighted by atomic mass is 35.5. The molecule has 21 heavy (non-hydrogen) atoms. The zero-order valence-corrected chi connectivity index (χ0v) is 13.4. The Bertz CT molecular complexity index is 621. The number of methoxy groups -OCH3 is 1. The largest absolute Gasteiger partial charge is 0.385 e. The fraction of sp³-hybridized carbons (Fsp3) is 0.429. The second-order valence-corrected chi connectivity index (χ2v) is 6.39. The highest BCUT2D eigenvalue weighted by molar-refractivity contribution is 7.89. The van der Waals surface area contributed by atoms with Gasteiger partial charge < -0.3 is 10.5 Å². The van der Waals surface area contributed by atoms with Crippen molar-refractivity contribution in [2.75, 3.05) is 26.8 Å². The molecule has 1 aromatic rings. The van der Waals surface area contributed by atoms with E-state index >= 15 is 0 Å². The summed E-state index contributed by atoms with van der Waals surface area (Å²) in [6, 6.07) is 4.57. The molecule has 0 saturated carbocycles.